The van der Waals surface area contributed by atoms with Crippen molar-refractivity contribution in [1.29, 1.82) is 0 Å². The molecule has 4 heteroatoms. The van der Waals surface area contributed by atoms with Crippen LogP contribution in [0.1, 0.15) is 31.8 Å². The lowest BCUT2D eigenvalue weighted by Gasteiger charge is -2.11. The van der Waals surface area contributed by atoms with Crippen LogP contribution in [0.2, 0.25) is 0 Å². The number of benzene rings is 4. The van der Waals surface area contributed by atoms with Crippen LogP contribution < -0.4 is 9.47 Å². The summed E-state index contributed by atoms with van der Waals surface area (Å²) in [5.74, 6) is -0.0632. The molecule has 0 aromatic heterocycles. The maximum absolute atomic E-state index is 12.5. The third kappa shape index (κ3) is 4.08. The molecular formula is C26H20O4. The Labute approximate surface area is 174 Å². The molecule has 0 radical (unpaired) electrons. The molecule has 0 aliphatic carbocycles. The lowest BCUT2D eigenvalue weighted by molar-refractivity contribution is 0.0725. The largest absolute Gasteiger partial charge is 0.422 e. The fourth-order valence-corrected chi connectivity index (χ4v) is 3.13. The molecule has 148 valence electrons. The Morgan fingerprint density at radius 2 is 0.900 bits per heavy atom. The average Bonchev–Trinajstić information content (AvgIpc) is 2.75. The summed E-state index contributed by atoms with van der Waals surface area (Å²) in [5.41, 5.74) is 3.08. The van der Waals surface area contributed by atoms with Gasteiger partial charge in [-0.05, 0) is 50.2 Å². The van der Waals surface area contributed by atoms with Crippen molar-refractivity contribution in [2.75, 3.05) is 0 Å². The van der Waals surface area contributed by atoms with Gasteiger partial charge in [-0.1, -0.05) is 59.7 Å². The summed E-state index contributed by atoms with van der Waals surface area (Å²) in [5, 5.41) is 1.37. The van der Waals surface area contributed by atoms with E-state index in [0.717, 1.165) is 11.1 Å². The maximum atomic E-state index is 12.5. The topological polar surface area (TPSA) is 52.6 Å². The number of hydrogen-bond donors (Lipinski definition) is 0. The van der Waals surface area contributed by atoms with Crippen LogP contribution in [0.4, 0.5) is 0 Å². The Balaban J connectivity index is 1.62. The average molecular weight is 396 g/mol. The molecule has 0 aliphatic rings. The van der Waals surface area contributed by atoms with Crippen molar-refractivity contribution in [2.24, 2.45) is 0 Å². The van der Waals surface area contributed by atoms with Crippen molar-refractivity contribution in [2.45, 2.75) is 13.8 Å². The van der Waals surface area contributed by atoms with Crippen LogP contribution in [0.5, 0.6) is 11.5 Å². The summed E-state index contributed by atoms with van der Waals surface area (Å²) in [6.07, 6.45) is 0. The van der Waals surface area contributed by atoms with Crippen LogP contribution in [-0.4, -0.2) is 11.9 Å². The molecule has 0 bridgehead atoms. The number of aryl methyl sites for hydroxylation is 2. The van der Waals surface area contributed by atoms with E-state index in [2.05, 4.69) is 0 Å². The molecule has 4 aromatic carbocycles. The number of hydrogen-bond acceptors (Lipinski definition) is 4. The number of carbonyl (C=O) groups is 2. The third-order valence-electron chi connectivity index (χ3n) is 4.82. The lowest BCUT2D eigenvalue weighted by Crippen LogP contribution is -2.10. The van der Waals surface area contributed by atoms with Crippen LogP contribution >= 0.6 is 0 Å². The first-order chi connectivity index (χ1) is 14.5. The molecule has 0 unspecified atom stereocenters. The van der Waals surface area contributed by atoms with E-state index < -0.39 is 11.9 Å². The maximum Gasteiger partial charge on any atom is 0.343 e. The second kappa shape index (κ2) is 8.21. The number of fused-ring (bicyclic) bond motifs is 1. The summed E-state index contributed by atoms with van der Waals surface area (Å²) in [7, 11) is 0. The van der Waals surface area contributed by atoms with Crippen LogP contribution in [0.25, 0.3) is 10.8 Å². The smallest absolute Gasteiger partial charge is 0.343 e. The molecule has 0 saturated carbocycles. The van der Waals surface area contributed by atoms with E-state index >= 15 is 0 Å². The number of rotatable bonds is 4. The van der Waals surface area contributed by atoms with Crippen LogP contribution in [0.3, 0.4) is 0 Å². The highest BCUT2D eigenvalue weighted by molar-refractivity contribution is 5.99. The zero-order valence-electron chi connectivity index (χ0n) is 16.7. The van der Waals surface area contributed by atoms with Crippen LogP contribution in [-0.2, 0) is 0 Å². The van der Waals surface area contributed by atoms with Crippen LogP contribution in [0.15, 0.2) is 84.9 Å². The summed E-state index contributed by atoms with van der Waals surface area (Å²) < 4.78 is 11.3. The van der Waals surface area contributed by atoms with E-state index in [9.17, 15) is 9.59 Å². The zero-order valence-corrected chi connectivity index (χ0v) is 16.7. The first-order valence-electron chi connectivity index (χ1n) is 9.61. The van der Waals surface area contributed by atoms with Crippen molar-refractivity contribution in [3.8, 4) is 11.5 Å². The van der Waals surface area contributed by atoms with Gasteiger partial charge in [-0.25, -0.2) is 9.59 Å². The van der Waals surface area contributed by atoms with Crippen molar-refractivity contribution in [3.05, 3.63) is 107 Å². The molecule has 0 saturated heterocycles. The molecule has 0 aliphatic heterocycles. The van der Waals surface area contributed by atoms with E-state index in [1.165, 1.54) is 0 Å². The third-order valence-corrected chi connectivity index (χ3v) is 4.82. The fraction of sp³-hybridized carbons (Fsp3) is 0.0769. The van der Waals surface area contributed by atoms with Gasteiger partial charge in [0.05, 0.1) is 11.1 Å². The van der Waals surface area contributed by atoms with Gasteiger partial charge in [-0.3, -0.25) is 0 Å². The Morgan fingerprint density at radius 3 is 1.27 bits per heavy atom. The van der Waals surface area contributed by atoms with Gasteiger partial charge in [-0.2, -0.15) is 0 Å². The Kier molecular flexibility index (Phi) is 5.31. The van der Waals surface area contributed by atoms with Crippen molar-refractivity contribution in [1.82, 2.24) is 0 Å². The fourth-order valence-electron chi connectivity index (χ4n) is 3.13. The van der Waals surface area contributed by atoms with Gasteiger partial charge in [-0.15, -0.1) is 0 Å². The van der Waals surface area contributed by atoms with Crippen molar-refractivity contribution in [3.63, 3.8) is 0 Å². The highest BCUT2D eigenvalue weighted by Gasteiger charge is 2.15. The Morgan fingerprint density at radius 1 is 0.533 bits per heavy atom. The van der Waals surface area contributed by atoms with Gasteiger partial charge in [0, 0.05) is 10.8 Å². The van der Waals surface area contributed by atoms with Crippen molar-refractivity contribution < 1.29 is 19.1 Å². The first-order valence-corrected chi connectivity index (χ1v) is 9.61. The molecular weight excluding hydrogens is 376 g/mol. The Hall–Kier alpha value is -3.92. The highest BCUT2D eigenvalue weighted by Crippen LogP contribution is 2.33. The zero-order chi connectivity index (χ0) is 21.1. The summed E-state index contributed by atoms with van der Waals surface area (Å²) >= 11 is 0. The summed E-state index contributed by atoms with van der Waals surface area (Å²) in [4.78, 5) is 25.1. The van der Waals surface area contributed by atoms with E-state index in [0.29, 0.717) is 33.4 Å². The minimum absolute atomic E-state index is 0.409. The lowest BCUT2D eigenvalue weighted by atomic mass is 10.1. The highest BCUT2D eigenvalue weighted by atomic mass is 16.5. The van der Waals surface area contributed by atoms with Crippen molar-refractivity contribution >= 4 is 22.7 Å². The molecule has 0 N–H and O–H groups in total. The molecule has 4 nitrogen and oxygen atoms in total. The predicted molar refractivity (Wildman–Crippen MR) is 116 cm³/mol. The summed E-state index contributed by atoms with van der Waals surface area (Å²) in [6, 6.07) is 25.0. The minimum Gasteiger partial charge on any atom is -0.422 e. The van der Waals surface area contributed by atoms with Crippen LogP contribution in [0, 0.1) is 13.8 Å². The predicted octanol–water partition coefficient (Wildman–Crippen LogP) is 5.90. The number of esters is 2. The normalized spacial score (nSPS) is 10.6. The second-order valence-electron chi connectivity index (χ2n) is 7.12. The van der Waals surface area contributed by atoms with E-state index in [1.54, 1.807) is 48.5 Å². The molecule has 0 spiro atoms. The molecule has 4 rings (SSSR count). The van der Waals surface area contributed by atoms with E-state index in [4.69, 9.17) is 9.47 Å². The number of ether oxygens (including phenoxy) is 2. The Bertz CT molecular complexity index is 1120. The van der Waals surface area contributed by atoms with Gasteiger partial charge in [0.2, 0.25) is 0 Å². The van der Waals surface area contributed by atoms with Gasteiger partial charge in [0.25, 0.3) is 0 Å². The van der Waals surface area contributed by atoms with Gasteiger partial charge in [0.15, 0.2) is 0 Å². The van der Waals surface area contributed by atoms with Gasteiger partial charge < -0.3 is 9.47 Å². The SMILES string of the molecule is Cc1ccc(C(=O)Oc2cccc3c(OC(=O)c4ccc(C)cc4)cccc23)cc1. The molecule has 0 amide bonds. The number of carbonyl (C=O) groups excluding carboxylic acids is 2. The molecule has 0 heterocycles. The van der Waals surface area contributed by atoms with Gasteiger partial charge in [0.1, 0.15) is 11.5 Å². The molecule has 0 fully saturated rings. The standard InChI is InChI=1S/C26H20O4/c1-17-9-13-19(14-10-17)25(27)29-23-7-3-6-22-21(23)5-4-8-24(22)30-26(28)20-15-11-18(2)12-16-20/h3-16H,1-2H3. The monoisotopic (exact) mass is 396 g/mol. The first kappa shape index (κ1) is 19.4. The summed E-state index contributed by atoms with van der Waals surface area (Å²) in [6.45, 7) is 3.92. The second-order valence-corrected chi connectivity index (χ2v) is 7.12. The van der Waals surface area contributed by atoms with E-state index in [1.807, 2.05) is 50.2 Å². The minimum atomic E-state index is -0.440. The van der Waals surface area contributed by atoms with Gasteiger partial charge >= 0.3 is 11.9 Å². The molecule has 4 aromatic rings. The molecule has 0 atom stereocenters. The quantitative estimate of drug-likeness (QED) is 0.319. The molecule has 30 heavy (non-hydrogen) atoms. The van der Waals surface area contributed by atoms with E-state index in [-0.39, 0.29) is 0 Å².